The molecule has 48 valence electrons. The second kappa shape index (κ2) is 1.69. The van der Waals surface area contributed by atoms with E-state index in [4.69, 9.17) is 15.9 Å². The molecule has 0 aromatic heterocycles. The average Bonchev–Trinajstić information content (AvgIpc) is 2.47. The van der Waals surface area contributed by atoms with Crippen LogP contribution >= 0.6 is 0 Å². The monoisotopic (exact) mass is 117 g/mol. The first kappa shape index (κ1) is 6.01. The van der Waals surface area contributed by atoms with Crippen molar-refractivity contribution in [3.8, 4) is 0 Å². The Morgan fingerprint density at radius 3 is 2.25 bits per heavy atom. The predicted octanol–water partition coefficient (Wildman–Crippen LogP) is -1.17. The van der Waals surface area contributed by atoms with Crippen LogP contribution < -0.4 is 5.73 Å². The molecule has 0 amide bonds. The molecule has 4 N–H and O–H groups in total. The summed E-state index contributed by atoms with van der Waals surface area (Å²) in [6.45, 7) is -0.212. The molecular formula is C5H11NO2. The van der Waals surface area contributed by atoms with Gasteiger partial charge in [-0.1, -0.05) is 0 Å². The molecule has 3 nitrogen and oxygen atoms in total. The summed E-state index contributed by atoms with van der Waals surface area (Å²) in [6.07, 6.45) is 0.978. The van der Waals surface area contributed by atoms with Crippen molar-refractivity contribution in [2.24, 2.45) is 5.73 Å². The summed E-state index contributed by atoms with van der Waals surface area (Å²) in [5, 5.41) is 17.3. The third-order valence-electron chi connectivity index (χ3n) is 1.66. The Balaban J connectivity index is 2.34. The van der Waals surface area contributed by atoms with Crippen LogP contribution in [0.25, 0.3) is 0 Å². The van der Waals surface area contributed by atoms with Crippen LogP contribution in [-0.2, 0) is 0 Å². The van der Waals surface area contributed by atoms with E-state index in [1.807, 2.05) is 0 Å². The number of hydrogen-bond acceptors (Lipinski definition) is 3. The first-order valence-electron chi connectivity index (χ1n) is 2.77. The van der Waals surface area contributed by atoms with Gasteiger partial charge in [0.05, 0.1) is 12.7 Å². The van der Waals surface area contributed by atoms with Crippen LogP contribution in [0, 0.1) is 0 Å². The SMILES string of the molecule is NC1([C@@H](O)CO)CC1. The molecule has 3 heteroatoms. The molecular weight excluding hydrogens is 106 g/mol. The van der Waals surface area contributed by atoms with Gasteiger partial charge in [0.2, 0.25) is 0 Å². The minimum atomic E-state index is -0.706. The largest absolute Gasteiger partial charge is 0.394 e. The van der Waals surface area contributed by atoms with E-state index >= 15 is 0 Å². The summed E-state index contributed by atoms with van der Waals surface area (Å²) in [5.41, 5.74) is 5.05. The van der Waals surface area contributed by atoms with E-state index in [1.54, 1.807) is 0 Å². The number of hydrogen-bond donors (Lipinski definition) is 3. The van der Waals surface area contributed by atoms with Crippen LogP contribution in [-0.4, -0.2) is 28.5 Å². The molecule has 0 aliphatic heterocycles. The molecule has 0 bridgehead atoms. The fourth-order valence-corrected chi connectivity index (χ4v) is 0.659. The highest BCUT2D eigenvalue weighted by atomic mass is 16.3. The van der Waals surface area contributed by atoms with Crippen LogP contribution in [0.2, 0.25) is 0 Å². The molecule has 0 heterocycles. The predicted molar refractivity (Wildman–Crippen MR) is 29.2 cm³/mol. The van der Waals surface area contributed by atoms with Gasteiger partial charge < -0.3 is 15.9 Å². The van der Waals surface area contributed by atoms with Gasteiger partial charge in [-0.05, 0) is 12.8 Å². The molecule has 1 fully saturated rings. The van der Waals surface area contributed by atoms with Crippen LogP contribution in [0.15, 0.2) is 0 Å². The van der Waals surface area contributed by atoms with Gasteiger partial charge in [0, 0.05) is 5.54 Å². The van der Waals surface area contributed by atoms with Crippen LogP contribution in [0.3, 0.4) is 0 Å². The molecule has 1 aliphatic carbocycles. The zero-order valence-electron chi connectivity index (χ0n) is 4.67. The number of nitrogens with two attached hydrogens (primary N) is 1. The summed E-state index contributed by atoms with van der Waals surface area (Å²) in [5.74, 6) is 0. The smallest absolute Gasteiger partial charge is 0.0949 e. The standard InChI is InChI=1S/C5H11NO2/c6-5(1-2-5)4(8)3-7/h4,7-8H,1-3,6H2/t4-/m0/s1. The highest BCUT2D eigenvalue weighted by Crippen LogP contribution is 2.35. The lowest BCUT2D eigenvalue weighted by atomic mass is 10.1. The Labute approximate surface area is 48.1 Å². The number of aliphatic hydroxyl groups is 2. The van der Waals surface area contributed by atoms with Crippen LogP contribution in [0.5, 0.6) is 0 Å². The van der Waals surface area contributed by atoms with Crippen molar-refractivity contribution in [3.05, 3.63) is 0 Å². The Kier molecular flexibility index (Phi) is 1.27. The van der Waals surface area contributed by atoms with Crippen LogP contribution in [0.4, 0.5) is 0 Å². The van der Waals surface area contributed by atoms with E-state index < -0.39 is 11.6 Å². The Morgan fingerprint density at radius 2 is 2.12 bits per heavy atom. The minimum Gasteiger partial charge on any atom is -0.394 e. The van der Waals surface area contributed by atoms with Crippen LogP contribution in [0.1, 0.15) is 12.8 Å². The van der Waals surface area contributed by atoms with E-state index in [0.717, 1.165) is 12.8 Å². The van der Waals surface area contributed by atoms with Gasteiger partial charge in [-0.25, -0.2) is 0 Å². The maximum atomic E-state index is 8.88. The molecule has 8 heavy (non-hydrogen) atoms. The van der Waals surface area contributed by atoms with E-state index in [0.29, 0.717) is 0 Å². The molecule has 1 aliphatic rings. The van der Waals surface area contributed by atoms with Gasteiger partial charge in [-0.3, -0.25) is 0 Å². The number of rotatable bonds is 2. The van der Waals surface area contributed by atoms with Crippen molar-refractivity contribution in [2.45, 2.75) is 24.5 Å². The Bertz CT molecular complexity index is 90.4. The first-order chi connectivity index (χ1) is 3.69. The van der Waals surface area contributed by atoms with Crippen molar-refractivity contribution in [3.63, 3.8) is 0 Å². The Morgan fingerprint density at radius 1 is 1.62 bits per heavy atom. The van der Waals surface area contributed by atoms with E-state index in [-0.39, 0.29) is 6.61 Å². The highest BCUT2D eigenvalue weighted by molar-refractivity contribution is 5.04. The molecule has 0 aromatic rings. The van der Waals surface area contributed by atoms with Crippen molar-refractivity contribution in [1.29, 1.82) is 0 Å². The van der Waals surface area contributed by atoms with Gasteiger partial charge >= 0.3 is 0 Å². The second-order valence-corrected chi connectivity index (χ2v) is 2.43. The summed E-state index contributed by atoms with van der Waals surface area (Å²) in [7, 11) is 0. The lowest BCUT2D eigenvalue weighted by Crippen LogP contribution is -2.39. The normalized spacial score (nSPS) is 27.4. The zero-order valence-corrected chi connectivity index (χ0v) is 4.67. The molecule has 1 atom stereocenters. The fraction of sp³-hybridized carbons (Fsp3) is 1.00. The molecule has 1 saturated carbocycles. The summed E-state index contributed by atoms with van der Waals surface area (Å²) in [6, 6.07) is 0. The first-order valence-corrected chi connectivity index (χ1v) is 2.77. The van der Waals surface area contributed by atoms with Gasteiger partial charge in [-0.15, -0.1) is 0 Å². The van der Waals surface area contributed by atoms with Gasteiger partial charge in [0.15, 0.2) is 0 Å². The molecule has 0 radical (unpaired) electrons. The Hall–Kier alpha value is -0.120. The van der Waals surface area contributed by atoms with Gasteiger partial charge in [0.1, 0.15) is 0 Å². The van der Waals surface area contributed by atoms with E-state index in [2.05, 4.69) is 0 Å². The van der Waals surface area contributed by atoms with Crippen molar-refractivity contribution in [1.82, 2.24) is 0 Å². The minimum absolute atomic E-state index is 0.212. The summed E-state index contributed by atoms with van der Waals surface area (Å²) < 4.78 is 0. The zero-order chi connectivity index (χ0) is 6.20. The average molecular weight is 117 g/mol. The summed E-state index contributed by atoms with van der Waals surface area (Å²) in [4.78, 5) is 0. The lowest BCUT2D eigenvalue weighted by molar-refractivity contribution is 0.0665. The van der Waals surface area contributed by atoms with E-state index in [1.165, 1.54) is 0 Å². The van der Waals surface area contributed by atoms with E-state index in [9.17, 15) is 0 Å². The summed E-state index contributed by atoms with van der Waals surface area (Å²) >= 11 is 0. The third-order valence-corrected chi connectivity index (χ3v) is 1.66. The third kappa shape index (κ3) is 0.844. The molecule has 0 unspecified atom stereocenters. The highest BCUT2D eigenvalue weighted by Gasteiger charge is 2.44. The van der Waals surface area contributed by atoms with Crippen molar-refractivity contribution < 1.29 is 10.2 Å². The molecule has 0 spiro atoms. The quantitative estimate of drug-likeness (QED) is 0.427. The van der Waals surface area contributed by atoms with Crippen molar-refractivity contribution in [2.75, 3.05) is 6.61 Å². The molecule has 1 rings (SSSR count). The van der Waals surface area contributed by atoms with Gasteiger partial charge in [-0.2, -0.15) is 0 Å². The molecule has 0 aromatic carbocycles. The lowest BCUT2D eigenvalue weighted by Gasteiger charge is -2.13. The van der Waals surface area contributed by atoms with Crippen molar-refractivity contribution >= 4 is 0 Å². The number of aliphatic hydroxyl groups excluding tert-OH is 2. The maximum Gasteiger partial charge on any atom is 0.0949 e. The molecule has 0 saturated heterocycles. The van der Waals surface area contributed by atoms with Gasteiger partial charge in [0.25, 0.3) is 0 Å². The topological polar surface area (TPSA) is 66.5 Å². The fourth-order valence-electron chi connectivity index (χ4n) is 0.659. The second-order valence-electron chi connectivity index (χ2n) is 2.43. The maximum absolute atomic E-state index is 8.88.